The summed E-state index contributed by atoms with van der Waals surface area (Å²) in [7, 11) is 2.66. The number of hydrogen-bond acceptors (Lipinski definition) is 4. The number of hydrogen-bond donors (Lipinski definition) is 0. The second-order valence-electron chi connectivity index (χ2n) is 3.69. The first kappa shape index (κ1) is 13.6. The Morgan fingerprint density at radius 3 is 2.63 bits per heavy atom. The molecule has 2 aromatic heterocycles. The van der Waals surface area contributed by atoms with Gasteiger partial charge in [-0.15, -0.1) is 11.3 Å². The molecule has 0 fully saturated rings. The van der Waals surface area contributed by atoms with Gasteiger partial charge in [0.15, 0.2) is 5.69 Å². The Hall–Kier alpha value is -1.83. The van der Waals surface area contributed by atoms with Gasteiger partial charge < -0.3 is 4.74 Å². The molecule has 2 heterocycles. The molecule has 0 saturated carbocycles. The van der Waals surface area contributed by atoms with Crippen molar-refractivity contribution in [2.75, 3.05) is 7.11 Å². The Morgan fingerprint density at radius 2 is 2.11 bits per heavy atom. The summed E-state index contributed by atoms with van der Waals surface area (Å²) in [6.45, 7) is 0. The number of carbonyl (C=O) groups is 1. The first-order valence-electron chi connectivity index (χ1n) is 5.12. The summed E-state index contributed by atoms with van der Waals surface area (Å²) in [5.41, 5.74) is -0.662. The van der Waals surface area contributed by atoms with Gasteiger partial charge in [0.25, 0.3) is 0 Å². The smallest absolute Gasteiger partial charge is 0.435 e. The molecule has 8 heteroatoms. The van der Waals surface area contributed by atoms with Crippen molar-refractivity contribution in [2.45, 2.75) is 6.18 Å². The molecule has 0 atom stereocenters. The number of aryl methyl sites for hydroxylation is 1. The van der Waals surface area contributed by atoms with Gasteiger partial charge in [0.2, 0.25) is 0 Å². The van der Waals surface area contributed by atoms with E-state index in [2.05, 4.69) is 9.84 Å². The third-order valence-corrected chi connectivity index (χ3v) is 3.50. The first-order chi connectivity index (χ1) is 8.82. The van der Waals surface area contributed by atoms with Gasteiger partial charge in [-0.3, -0.25) is 4.68 Å². The number of carbonyl (C=O) groups excluding carboxylic acids is 1. The molecule has 2 rings (SSSR count). The van der Waals surface area contributed by atoms with Crippen LogP contribution < -0.4 is 0 Å². The monoisotopic (exact) mass is 290 g/mol. The molecule has 102 valence electrons. The average molecular weight is 290 g/mol. The Bertz CT molecular complexity index is 616. The topological polar surface area (TPSA) is 44.1 Å². The number of esters is 1. The molecular weight excluding hydrogens is 281 g/mol. The van der Waals surface area contributed by atoms with Gasteiger partial charge in [0.05, 0.1) is 17.7 Å². The number of aromatic nitrogens is 2. The van der Waals surface area contributed by atoms with Crippen LogP contribution in [-0.2, 0) is 18.0 Å². The molecule has 0 aliphatic carbocycles. The van der Waals surface area contributed by atoms with Crippen LogP contribution in [0, 0.1) is 0 Å². The van der Waals surface area contributed by atoms with Crippen molar-refractivity contribution in [3.63, 3.8) is 0 Å². The minimum absolute atomic E-state index is 0.299. The number of rotatable bonds is 2. The summed E-state index contributed by atoms with van der Waals surface area (Å²) in [5.74, 6) is -0.519. The van der Waals surface area contributed by atoms with Crippen LogP contribution in [0.3, 0.4) is 0 Å². The zero-order chi connectivity index (χ0) is 14.2. The fraction of sp³-hybridized carbons (Fsp3) is 0.273. The van der Waals surface area contributed by atoms with Crippen molar-refractivity contribution in [3.8, 4) is 10.6 Å². The highest BCUT2D eigenvalue weighted by molar-refractivity contribution is 7.17. The minimum atomic E-state index is -4.49. The number of methoxy groups -OCH3 is 1. The molecule has 4 nitrogen and oxygen atoms in total. The van der Waals surface area contributed by atoms with Crippen molar-refractivity contribution >= 4 is 17.3 Å². The Balaban J connectivity index is 2.40. The number of ether oxygens (including phenoxy) is 1. The number of halogens is 3. The van der Waals surface area contributed by atoms with Gasteiger partial charge in [-0.1, -0.05) is 0 Å². The van der Waals surface area contributed by atoms with E-state index in [0.29, 0.717) is 15.4 Å². The second-order valence-corrected chi connectivity index (χ2v) is 4.78. The zero-order valence-electron chi connectivity index (χ0n) is 9.99. The summed E-state index contributed by atoms with van der Waals surface area (Å²) in [6.07, 6.45) is -4.49. The third kappa shape index (κ3) is 2.62. The third-order valence-electron chi connectivity index (χ3n) is 2.42. The number of thiophene rings is 1. The van der Waals surface area contributed by atoms with Crippen LogP contribution in [0.2, 0.25) is 0 Å². The summed E-state index contributed by atoms with van der Waals surface area (Å²) < 4.78 is 43.3. The van der Waals surface area contributed by atoms with Crippen molar-refractivity contribution in [1.29, 1.82) is 0 Å². The highest BCUT2D eigenvalue weighted by atomic mass is 32.1. The van der Waals surface area contributed by atoms with Crippen molar-refractivity contribution in [3.05, 3.63) is 28.8 Å². The van der Waals surface area contributed by atoms with Crippen LogP contribution >= 0.6 is 11.3 Å². The molecule has 0 spiro atoms. The SMILES string of the molecule is COC(=O)c1ccc(-c2cc(C(F)(F)F)nn2C)s1. The molecule has 0 bridgehead atoms. The van der Waals surface area contributed by atoms with E-state index < -0.39 is 17.8 Å². The van der Waals surface area contributed by atoms with Gasteiger partial charge in [-0.25, -0.2) is 4.79 Å². The normalized spacial score (nSPS) is 11.6. The van der Waals surface area contributed by atoms with E-state index in [1.807, 2.05) is 0 Å². The molecule has 2 aromatic rings. The fourth-order valence-corrected chi connectivity index (χ4v) is 2.49. The molecule has 0 aliphatic heterocycles. The molecule has 19 heavy (non-hydrogen) atoms. The summed E-state index contributed by atoms with van der Waals surface area (Å²) >= 11 is 1.05. The molecule has 0 unspecified atom stereocenters. The first-order valence-corrected chi connectivity index (χ1v) is 5.94. The molecule has 0 radical (unpaired) electrons. The van der Waals surface area contributed by atoms with Gasteiger partial charge in [0.1, 0.15) is 4.88 Å². The van der Waals surface area contributed by atoms with Gasteiger partial charge in [0, 0.05) is 7.05 Å². The molecule has 0 amide bonds. The molecule has 0 N–H and O–H groups in total. The Labute approximate surface area is 110 Å². The minimum Gasteiger partial charge on any atom is -0.465 e. The van der Waals surface area contributed by atoms with E-state index in [-0.39, 0.29) is 0 Å². The standard InChI is InChI=1S/C11H9F3N2O2S/c1-16-6(5-9(15-16)11(12,13)14)7-3-4-8(19-7)10(17)18-2/h3-5H,1-2H3. The van der Waals surface area contributed by atoms with Crippen LogP contribution in [0.25, 0.3) is 10.6 Å². The lowest BCUT2D eigenvalue weighted by atomic mass is 10.3. The lowest BCUT2D eigenvalue weighted by Crippen LogP contribution is -2.06. The van der Waals surface area contributed by atoms with Gasteiger partial charge >= 0.3 is 12.1 Å². The van der Waals surface area contributed by atoms with E-state index in [9.17, 15) is 18.0 Å². The molecule has 0 aromatic carbocycles. The van der Waals surface area contributed by atoms with Gasteiger partial charge in [-0.05, 0) is 18.2 Å². The van der Waals surface area contributed by atoms with E-state index in [4.69, 9.17) is 0 Å². The lowest BCUT2D eigenvalue weighted by molar-refractivity contribution is -0.141. The molecule has 0 saturated heterocycles. The van der Waals surface area contributed by atoms with Gasteiger partial charge in [-0.2, -0.15) is 18.3 Å². The maximum absolute atomic E-state index is 12.5. The summed E-state index contributed by atoms with van der Waals surface area (Å²) in [4.78, 5) is 12.1. The van der Waals surface area contributed by atoms with Crippen LogP contribution in [0.15, 0.2) is 18.2 Å². The highest BCUT2D eigenvalue weighted by Crippen LogP contribution is 2.34. The number of alkyl halides is 3. The maximum atomic E-state index is 12.5. The molecule has 0 aliphatic rings. The predicted octanol–water partition coefficient (Wildman–Crippen LogP) is 2.95. The largest absolute Gasteiger partial charge is 0.465 e. The number of nitrogens with zero attached hydrogens (tertiary/aromatic N) is 2. The fourth-order valence-electron chi connectivity index (χ4n) is 1.52. The van der Waals surface area contributed by atoms with Crippen molar-refractivity contribution in [1.82, 2.24) is 9.78 Å². The van der Waals surface area contributed by atoms with E-state index in [0.717, 1.165) is 22.1 Å². The Kier molecular flexibility index (Phi) is 3.36. The van der Waals surface area contributed by atoms with E-state index in [1.165, 1.54) is 20.2 Å². The van der Waals surface area contributed by atoms with Crippen molar-refractivity contribution in [2.24, 2.45) is 7.05 Å². The quantitative estimate of drug-likeness (QED) is 0.799. The van der Waals surface area contributed by atoms with Crippen LogP contribution in [-0.4, -0.2) is 22.9 Å². The molecular formula is C11H9F3N2O2S. The zero-order valence-corrected chi connectivity index (χ0v) is 10.8. The maximum Gasteiger partial charge on any atom is 0.435 e. The van der Waals surface area contributed by atoms with Crippen molar-refractivity contribution < 1.29 is 22.7 Å². The highest BCUT2D eigenvalue weighted by Gasteiger charge is 2.34. The summed E-state index contributed by atoms with van der Waals surface area (Å²) in [5, 5.41) is 3.41. The lowest BCUT2D eigenvalue weighted by Gasteiger charge is -1.98. The average Bonchev–Trinajstić information content (AvgIpc) is 2.93. The van der Waals surface area contributed by atoms with Crippen LogP contribution in [0.5, 0.6) is 0 Å². The second kappa shape index (κ2) is 4.69. The van der Waals surface area contributed by atoms with Crippen LogP contribution in [0.4, 0.5) is 13.2 Å². The van der Waals surface area contributed by atoms with E-state index in [1.54, 1.807) is 6.07 Å². The predicted molar refractivity (Wildman–Crippen MR) is 62.9 cm³/mol. The summed E-state index contributed by atoms with van der Waals surface area (Å²) in [6, 6.07) is 4.02. The van der Waals surface area contributed by atoms with Crippen LogP contribution in [0.1, 0.15) is 15.4 Å². The van der Waals surface area contributed by atoms with E-state index >= 15 is 0 Å². The Morgan fingerprint density at radius 1 is 1.42 bits per heavy atom.